The Morgan fingerprint density at radius 1 is 1.29 bits per heavy atom. The summed E-state index contributed by atoms with van der Waals surface area (Å²) in [6, 6.07) is 4.79. The Balaban J connectivity index is 2.36. The van der Waals surface area contributed by atoms with Crippen molar-refractivity contribution >= 4 is 15.7 Å². The molecule has 0 bridgehead atoms. The second-order valence-corrected chi connectivity index (χ2v) is 5.98. The third kappa shape index (κ3) is 2.59. The molecule has 1 saturated heterocycles. The van der Waals surface area contributed by atoms with Gasteiger partial charge in [0.15, 0.2) is 0 Å². The zero-order chi connectivity index (χ0) is 12.5. The predicted octanol–water partition coefficient (Wildman–Crippen LogP) is 1.29. The van der Waals surface area contributed by atoms with Crippen LogP contribution >= 0.6 is 0 Å². The van der Waals surface area contributed by atoms with E-state index in [-0.39, 0.29) is 4.90 Å². The molecule has 2 rings (SSSR count). The highest BCUT2D eigenvalue weighted by Gasteiger charge is 2.27. The van der Waals surface area contributed by atoms with Crippen molar-refractivity contribution in [1.29, 1.82) is 0 Å². The van der Waals surface area contributed by atoms with E-state index in [9.17, 15) is 8.42 Å². The van der Waals surface area contributed by atoms with Crippen LogP contribution in [-0.4, -0.2) is 26.0 Å². The maximum absolute atomic E-state index is 12.2. The van der Waals surface area contributed by atoms with E-state index in [2.05, 4.69) is 0 Å². The first-order valence-corrected chi connectivity index (χ1v) is 6.97. The van der Waals surface area contributed by atoms with Crippen molar-refractivity contribution < 1.29 is 13.3 Å². The lowest BCUT2D eigenvalue weighted by Gasteiger charge is -2.25. The molecule has 1 aromatic rings. The van der Waals surface area contributed by atoms with Gasteiger partial charge in [0.2, 0.25) is 0 Å². The second-order valence-electron chi connectivity index (χ2n) is 4.15. The summed E-state index contributed by atoms with van der Waals surface area (Å²) in [6.07, 6.45) is 1.71. The number of hydrogen-bond donors (Lipinski definition) is 1. The highest BCUT2D eigenvalue weighted by Crippen LogP contribution is 2.22. The van der Waals surface area contributed by atoms with E-state index in [1.807, 2.05) is 6.92 Å². The number of nitrogens with two attached hydrogens (primary N) is 1. The molecule has 0 atom stereocenters. The minimum absolute atomic E-state index is 0.192. The molecule has 0 aromatic heterocycles. The van der Waals surface area contributed by atoms with Crippen LogP contribution in [0.5, 0.6) is 0 Å². The van der Waals surface area contributed by atoms with Gasteiger partial charge >= 0.3 is 0 Å². The summed E-state index contributed by atoms with van der Waals surface area (Å²) >= 11 is 0. The van der Waals surface area contributed by atoms with E-state index in [4.69, 9.17) is 10.6 Å². The number of nitrogens with zero attached hydrogens (tertiary/aromatic N) is 1. The average molecular weight is 256 g/mol. The molecular formula is C11H16N2O3S. The van der Waals surface area contributed by atoms with Crippen molar-refractivity contribution in [2.75, 3.05) is 18.9 Å². The molecule has 2 N–H and O–H groups in total. The van der Waals surface area contributed by atoms with Crippen molar-refractivity contribution in [3.8, 4) is 0 Å². The maximum Gasteiger partial charge on any atom is 0.265 e. The van der Waals surface area contributed by atoms with Crippen LogP contribution < -0.4 is 5.73 Å². The van der Waals surface area contributed by atoms with Crippen LogP contribution in [0.25, 0.3) is 0 Å². The minimum atomic E-state index is -3.58. The molecule has 0 spiro atoms. The van der Waals surface area contributed by atoms with E-state index >= 15 is 0 Å². The van der Waals surface area contributed by atoms with Gasteiger partial charge in [0, 0.05) is 12.2 Å². The van der Waals surface area contributed by atoms with E-state index < -0.39 is 10.0 Å². The number of hydrogen-bond acceptors (Lipinski definition) is 4. The predicted molar refractivity (Wildman–Crippen MR) is 64.7 cm³/mol. The van der Waals surface area contributed by atoms with Crippen molar-refractivity contribution in [3.63, 3.8) is 0 Å². The lowest BCUT2D eigenvalue weighted by atomic mass is 10.2. The topological polar surface area (TPSA) is 72.6 Å². The molecule has 94 valence electrons. The molecule has 0 saturated carbocycles. The van der Waals surface area contributed by atoms with Gasteiger partial charge in [-0.1, -0.05) is 4.47 Å². The molecule has 5 nitrogen and oxygen atoms in total. The molecule has 0 amide bonds. The Morgan fingerprint density at radius 3 is 2.65 bits per heavy atom. The molecule has 1 aliphatic rings. The number of sulfonamides is 1. The van der Waals surface area contributed by atoms with Crippen molar-refractivity contribution in [3.05, 3.63) is 23.8 Å². The van der Waals surface area contributed by atoms with Crippen LogP contribution in [0.2, 0.25) is 0 Å². The summed E-state index contributed by atoms with van der Waals surface area (Å²) in [5.41, 5.74) is 6.93. The highest BCUT2D eigenvalue weighted by molar-refractivity contribution is 7.89. The van der Waals surface area contributed by atoms with Gasteiger partial charge < -0.3 is 5.73 Å². The van der Waals surface area contributed by atoms with Gasteiger partial charge in [0.05, 0.1) is 11.5 Å². The summed E-state index contributed by atoms with van der Waals surface area (Å²) in [7, 11) is -3.58. The van der Waals surface area contributed by atoms with E-state index in [1.54, 1.807) is 12.1 Å². The lowest BCUT2D eigenvalue weighted by Crippen LogP contribution is -2.35. The number of nitrogen functional groups attached to an aromatic ring is 1. The van der Waals surface area contributed by atoms with Gasteiger partial charge in [-0.05, 0) is 43.5 Å². The van der Waals surface area contributed by atoms with Gasteiger partial charge in [0.25, 0.3) is 10.0 Å². The largest absolute Gasteiger partial charge is 0.399 e. The number of anilines is 1. The van der Waals surface area contributed by atoms with Crippen molar-refractivity contribution in [1.82, 2.24) is 4.47 Å². The van der Waals surface area contributed by atoms with Gasteiger partial charge in [-0.3, -0.25) is 4.84 Å². The van der Waals surface area contributed by atoms with E-state index in [1.165, 1.54) is 6.07 Å². The Bertz CT molecular complexity index is 487. The summed E-state index contributed by atoms with van der Waals surface area (Å²) in [5.74, 6) is 0. The van der Waals surface area contributed by atoms with E-state index in [0.29, 0.717) is 18.8 Å². The fourth-order valence-electron chi connectivity index (χ4n) is 1.81. The summed E-state index contributed by atoms with van der Waals surface area (Å²) in [5, 5.41) is 0. The molecule has 6 heteroatoms. The maximum atomic E-state index is 12.2. The Kier molecular flexibility index (Phi) is 3.37. The smallest absolute Gasteiger partial charge is 0.265 e. The monoisotopic (exact) mass is 256 g/mol. The third-order valence-electron chi connectivity index (χ3n) is 2.61. The Morgan fingerprint density at radius 2 is 2.06 bits per heavy atom. The SMILES string of the molecule is Cc1cc(N)cc(S(=O)(=O)N2CCCCO2)c1. The second kappa shape index (κ2) is 4.64. The first-order chi connectivity index (χ1) is 8.00. The van der Waals surface area contributed by atoms with Gasteiger partial charge in [-0.2, -0.15) is 0 Å². The molecule has 1 aliphatic heterocycles. The number of rotatable bonds is 2. The summed E-state index contributed by atoms with van der Waals surface area (Å²) < 4.78 is 25.5. The molecular weight excluding hydrogens is 240 g/mol. The van der Waals surface area contributed by atoms with E-state index in [0.717, 1.165) is 22.9 Å². The Labute approximate surface area is 101 Å². The fourth-order valence-corrected chi connectivity index (χ4v) is 3.24. The molecule has 0 unspecified atom stereocenters. The lowest BCUT2D eigenvalue weighted by molar-refractivity contribution is -0.108. The molecule has 1 heterocycles. The molecule has 1 fully saturated rings. The van der Waals surface area contributed by atoms with Crippen molar-refractivity contribution in [2.24, 2.45) is 0 Å². The molecule has 1 aromatic carbocycles. The molecule has 0 aliphatic carbocycles. The van der Waals surface area contributed by atoms with Crippen LogP contribution in [0.1, 0.15) is 18.4 Å². The van der Waals surface area contributed by atoms with Crippen LogP contribution in [0.4, 0.5) is 5.69 Å². The zero-order valence-electron chi connectivity index (χ0n) is 9.72. The van der Waals surface area contributed by atoms with Crippen LogP contribution in [0.15, 0.2) is 23.1 Å². The zero-order valence-corrected chi connectivity index (χ0v) is 10.5. The van der Waals surface area contributed by atoms with Crippen LogP contribution in [-0.2, 0) is 14.9 Å². The average Bonchev–Trinajstić information content (AvgIpc) is 2.29. The fraction of sp³-hybridized carbons (Fsp3) is 0.455. The molecule has 17 heavy (non-hydrogen) atoms. The number of benzene rings is 1. The molecule has 0 radical (unpaired) electrons. The summed E-state index contributed by atoms with van der Waals surface area (Å²) in [6.45, 7) is 2.66. The number of hydroxylamine groups is 1. The van der Waals surface area contributed by atoms with Crippen LogP contribution in [0, 0.1) is 6.92 Å². The van der Waals surface area contributed by atoms with Crippen LogP contribution in [0.3, 0.4) is 0 Å². The van der Waals surface area contributed by atoms with Crippen molar-refractivity contribution in [2.45, 2.75) is 24.7 Å². The standard InChI is InChI=1S/C11H16N2O3S/c1-9-6-10(12)8-11(7-9)17(14,15)13-4-2-3-5-16-13/h6-8H,2-5,12H2,1H3. The minimum Gasteiger partial charge on any atom is -0.399 e. The first kappa shape index (κ1) is 12.3. The number of aryl methyl sites for hydroxylation is 1. The van der Waals surface area contributed by atoms with Gasteiger partial charge in [-0.15, -0.1) is 0 Å². The normalized spacial score (nSPS) is 18.2. The summed E-state index contributed by atoms with van der Waals surface area (Å²) in [4.78, 5) is 5.37. The third-order valence-corrected chi connectivity index (χ3v) is 4.27. The quantitative estimate of drug-likeness (QED) is 0.809. The first-order valence-electron chi connectivity index (χ1n) is 5.53. The van der Waals surface area contributed by atoms with Gasteiger partial charge in [0.1, 0.15) is 0 Å². The Hall–Kier alpha value is -1.11. The highest BCUT2D eigenvalue weighted by atomic mass is 32.2. The van der Waals surface area contributed by atoms with Gasteiger partial charge in [-0.25, -0.2) is 8.42 Å².